The Labute approximate surface area is 114 Å². The fourth-order valence-corrected chi connectivity index (χ4v) is 4.99. The SMILES string of the molecule is CCC(CC)(NS(=O)(=O)CCS(C)(=O)=O)C(N)=S. The molecule has 0 radical (unpaired) electrons. The van der Waals surface area contributed by atoms with Crippen LogP contribution in [0.2, 0.25) is 0 Å². The Hall–Kier alpha value is -0.250. The van der Waals surface area contributed by atoms with E-state index in [9.17, 15) is 16.8 Å². The van der Waals surface area contributed by atoms with Gasteiger partial charge in [-0.2, -0.15) is 0 Å². The molecule has 0 heterocycles. The number of thiocarbonyl (C=S) groups is 1. The third-order valence-electron chi connectivity index (χ3n) is 2.75. The second-order valence-corrected chi connectivity index (χ2v) is 8.75. The largest absolute Gasteiger partial charge is 0.392 e. The molecule has 18 heavy (non-hydrogen) atoms. The summed E-state index contributed by atoms with van der Waals surface area (Å²) in [5.74, 6) is -0.917. The number of hydrogen-bond acceptors (Lipinski definition) is 5. The first-order chi connectivity index (χ1) is 7.98. The van der Waals surface area contributed by atoms with Crippen LogP contribution in [-0.2, 0) is 19.9 Å². The topological polar surface area (TPSA) is 106 Å². The molecule has 0 atom stereocenters. The predicted octanol–water partition coefficient (Wildman–Crippen LogP) is -0.205. The van der Waals surface area contributed by atoms with Gasteiger partial charge in [0, 0.05) is 6.26 Å². The summed E-state index contributed by atoms with van der Waals surface area (Å²) >= 11 is 4.89. The third kappa shape index (κ3) is 5.59. The first-order valence-corrected chi connectivity index (χ1v) is 9.59. The van der Waals surface area contributed by atoms with Crippen molar-refractivity contribution in [2.24, 2.45) is 5.73 Å². The van der Waals surface area contributed by atoms with Crippen LogP contribution in [0, 0.1) is 0 Å². The molecule has 3 N–H and O–H groups in total. The number of rotatable bonds is 8. The molecule has 0 aromatic heterocycles. The van der Waals surface area contributed by atoms with Crippen LogP contribution in [0.3, 0.4) is 0 Å². The number of nitrogens with two attached hydrogens (primary N) is 1. The van der Waals surface area contributed by atoms with Crippen LogP contribution in [-0.4, -0.2) is 45.1 Å². The third-order valence-corrected chi connectivity index (χ3v) is 5.79. The summed E-state index contributed by atoms with van der Waals surface area (Å²) in [7, 11) is -7.07. The van der Waals surface area contributed by atoms with E-state index in [-0.39, 0.29) is 4.99 Å². The molecular formula is C9H20N2O4S3. The standard InChI is InChI=1S/C9H20N2O4S3/c1-4-9(5-2,8(10)16)11-18(14,15)7-6-17(3,12)13/h11H,4-7H2,1-3H3,(H2,10,16). The van der Waals surface area contributed by atoms with E-state index >= 15 is 0 Å². The van der Waals surface area contributed by atoms with Crippen molar-refractivity contribution >= 4 is 37.1 Å². The number of hydrogen-bond donors (Lipinski definition) is 2. The molecule has 0 aromatic rings. The maximum atomic E-state index is 11.8. The van der Waals surface area contributed by atoms with Crippen molar-refractivity contribution in [3.05, 3.63) is 0 Å². The Balaban J connectivity index is 5.00. The molecule has 108 valence electrons. The van der Waals surface area contributed by atoms with E-state index in [1.54, 1.807) is 13.8 Å². The predicted molar refractivity (Wildman–Crippen MR) is 76.7 cm³/mol. The van der Waals surface area contributed by atoms with Crippen LogP contribution in [0.1, 0.15) is 26.7 Å². The summed E-state index contributed by atoms with van der Waals surface area (Å²) in [6.45, 7) is 3.53. The summed E-state index contributed by atoms with van der Waals surface area (Å²) in [5, 5.41) is 0. The van der Waals surface area contributed by atoms with Crippen LogP contribution in [0.25, 0.3) is 0 Å². The van der Waals surface area contributed by atoms with Gasteiger partial charge in [0.15, 0.2) is 0 Å². The fourth-order valence-electron chi connectivity index (χ4n) is 1.40. The molecule has 0 fully saturated rings. The molecule has 0 saturated heterocycles. The van der Waals surface area contributed by atoms with Crippen molar-refractivity contribution in [3.8, 4) is 0 Å². The molecule has 0 unspecified atom stereocenters. The molecule has 0 rings (SSSR count). The number of nitrogens with one attached hydrogen (secondary N) is 1. The normalized spacial score (nSPS) is 13.5. The zero-order valence-corrected chi connectivity index (χ0v) is 13.2. The molecule has 0 spiro atoms. The highest BCUT2D eigenvalue weighted by atomic mass is 32.2. The van der Waals surface area contributed by atoms with Crippen molar-refractivity contribution in [2.45, 2.75) is 32.2 Å². The van der Waals surface area contributed by atoms with E-state index in [1.807, 2.05) is 0 Å². The highest BCUT2D eigenvalue weighted by Gasteiger charge is 2.34. The van der Waals surface area contributed by atoms with E-state index in [2.05, 4.69) is 4.72 Å². The van der Waals surface area contributed by atoms with E-state index in [1.165, 1.54) is 0 Å². The minimum atomic E-state index is -3.74. The lowest BCUT2D eigenvalue weighted by molar-refractivity contribution is 0.466. The molecule has 0 aliphatic carbocycles. The number of sulfone groups is 1. The molecule has 0 bridgehead atoms. The van der Waals surface area contributed by atoms with E-state index in [0.717, 1.165) is 6.26 Å². The van der Waals surface area contributed by atoms with E-state index < -0.39 is 36.9 Å². The second kappa shape index (κ2) is 6.27. The van der Waals surface area contributed by atoms with Crippen molar-refractivity contribution in [1.82, 2.24) is 4.72 Å². The Morgan fingerprint density at radius 1 is 1.17 bits per heavy atom. The monoisotopic (exact) mass is 316 g/mol. The second-order valence-electron chi connectivity index (χ2n) is 4.20. The molecule has 0 aliphatic rings. The summed E-state index contributed by atoms with van der Waals surface area (Å²) in [6, 6.07) is 0. The van der Waals surface area contributed by atoms with E-state index in [0.29, 0.717) is 12.8 Å². The van der Waals surface area contributed by atoms with Gasteiger partial charge in [-0.05, 0) is 12.8 Å². The maximum Gasteiger partial charge on any atom is 0.213 e. The smallest absolute Gasteiger partial charge is 0.213 e. The minimum absolute atomic E-state index is 0.0652. The van der Waals surface area contributed by atoms with Crippen LogP contribution in [0.4, 0.5) is 0 Å². The Morgan fingerprint density at radius 3 is 1.89 bits per heavy atom. The van der Waals surface area contributed by atoms with Crippen LogP contribution >= 0.6 is 12.2 Å². The Bertz CT molecular complexity index is 492. The average molecular weight is 316 g/mol. The zero-order chi connectivity index (χ0) is 14.6. The van der Waals surface area contributed by atoms with Gasteiger partial charge < -0.3 is 5.73 Å². The van der Waals surface area contributed by atoms with Crippen molar-refractivity contribution < 1.29 is 16.8 Å². The minimum Gasteiger partial charge on any atom is -0.392 e. The van der Waals surface area contributed by atoms with Gasteiger partial charge in [0.2, 0.25) is 10.0 Å². The Morgan fingerprint density at radius 2 is 1.61 bits per heavy atom. The molecular weight excluding hydrogens is 296 g/mol. The van der Waals surface area contributed by atoms with Gasteiger partial charge in [0.1, 0.15) is 9.84 Å². The van der Waals surface area contributed by atoms with Gasteiger partial charge in [0.25, 0.3) is 0 Å². The van der Waals surface area contributed by atoms with Gasteiger partial charge in [-0.1, -0.05) is 26.1 Å². The lowest BCUT2D eigenvalue weighted by Crippen LogP contribution is -2.56. The summed E-state index contributed by atoms with van der Waals surface area (Å²) in [4.78, 5) is 0.0652. The van der Waals surface area contributed by atoms with Gasteiger partial charge in [0.05, 0.1) is 22.0 Å². The van der Waals surface area contributed by atoms with E-state index in [4.69, 9.17) is 18.0 Å². The molecule has 6 nitrogen and oxygen atoms in total. The summed E-state index contributed by atoms with van der Waals surface area (Å²) in [6.07, 6.45) is 1.82. The van der Waals surface area contributed by atoms with Crippen LogP contribution in [0.15, 0.2) is 0 Å². The van der Waals surface area contributed by atoms with Gasteiger partial charge >= 0.3 is 0 Å². The lowest BCUT2D eigenvalue weighted by Gasteiger charge is -2.31. The quantitative estimate of drug-likeness (QED) is 0.600. The lowest BCUT2D eigenvalue weighted by atomic mass is 9.94. The molecule has 0 aliphatic heterocycles. The molecule has 9 heteroatoms. The number of sulfonamides is 1. The first-order valence-electron chi connectivity index (χ1n) is 5.47. The highest BCUT2D eigenvalue weighted by Crippen LogP contribution is 2.17. The maximum absolute atomic E-state index is 11.8. The first kappa shape index (κ1) is 17.8. The average Bonchev–Trinajstić information content (AvgIpc) is 2.22. The zero-order valence-electron chi connectivity index (χ0n) is 10.8. The van der Waals surface area contributed by atoms with Gasteiger partial charge in [-0.3, -0.25) is 0 Å². The molecule has 0 aromatic carbocycles. The molecule has 0 saturated carbocycles. The van der Waals surface area contributed by atoms with Crippen molar-refractivity contribution in [1.29, 1.82) is 0 Å². The Kier molecular flexibility index (Phi) is 6.18. The van der Waals surface area contributed by atoms with Crippen molar-refractivity contribution in [2.75, 3.05) is 17.8 Å². The fraction of sp³-hybridized carbons (Fsp3) is 0.889. The van der Waals surface area contributed by atoms with Crippen LogP contribution in [0.5, 0.6) is 0 Å². The van der Waals surface area contributed by atoms with Crippen LogP contribution < -0.4 is 10.5 Å². The van der Waals surface area contributed by atoms with Gasteiger partial charge in [-0.15, -0.1) is 0 Å². The van der Waals surface area contributed by atoms with Gasteiger partial charge in [-0.25, -0.2) is 21.6 Å². The molecule has 0 amide bonds. The van der Waals surface area contributed by atoms with Crippen molar-refractivity contribution in [3.63, 3.8) is 0 Å². The summed E-state index contributed by atoms with van der Waals surface area (Å²) < 4.78 is 48.0. The summed E-state index contributed by atoms with van der Waals surface area (Å²) in [5.41, 5.74) is 4.59. The highest BCUT2D eigenvalue weighted by molar-refractivity contribution is 7.93.